The lowest BCUT2D eigenvalue weighted by Crippen LogP contribution is -2.57. The smallest absolute Gasteiger partial charge is 0.264 e. The normalized spacial score (nSPS) is 18.3. The number of ether oxygens (including phenoxy) is 3. The number of ketones is 1. The van der Waals surface area contributed by atoms with Crippen molar-refractivity contribution in [2.45, 2.75) is 63.3 Å². The molecule has 4 N–H and O–H groups in total. The molecule has 0 radical (unpaired) electrons. The Balaban J connectivity index is 0.694. The van der Waals surface area contributed by atoms with E-state index in [-0.39, 0.29) is 61.1 Å². The van der Waals surface area contributed by atoms with Gasteiger partial charge in [-0.1, -0.05) is 30.3 Å². The monoisotopic (exact) mass is 840 g/mol. The zero-order valence-electron chi connectivity index (χ0n) is 34.0. The van der Waals surface area contributed by atoms with Crippen LogP contribution < -0.4 is 16.0 Å². The molecular weight excluding hydrogens is 789 g/mol. The molecule has 324 valence electrons. The number of β-amino-alcohol motifs (C(OH)–C–C–N with tert-alkyl or cyclic N) is 1. The number of piperidine rings is 1. The lowest BCUT2D eigenvalue weighted by atomic mass is 9.99. The van der Waals surface area contributed by atoms with E-state index in [1.54, 1.807) is 29.2 Å². The maximum atomic E-state index is 13.2. The molecule has 2 atom stereocenters. The van der Waals surface area contributed by atoms with Crippen LogP contribution in [0.2, 0.25) is 0 Å². The lowest BCUT2D eigenvalue weighted by Gasteiger charge is -2.39. The summed E-state index contributed by atoms with van der Waals surface area (Å²) in [6.45, 7) is 5.45. The lowest BCUT2D eigenvalue weighted by molar-refractivity contribution is -0.137. The van der Waals surface area contributed by atoms with Crippen LogP contribution >= 0.6 is 0 Å². The number of aromatic nitrogens is 2. The van der Waals surface area contributed by atoms with Gasteiger partial charge >= 0.3 is 0 Å². The van der Waals surface area contributed by atoms with Crippen molar-refractivity contribution in [1.29, 1.82) is 0 Å². The number of nitrogens with zero attached hydrogens (tertiary/aromatic N) is 5. The van der Waals surface area contributed by atoms with Gasteiger partial charge in [0.15, 0.2) is 5.78 Å². The Hall–Kier alpha value is -5.66. The summed E-state index contributed by atoms with van der Waals surface area (Å²) in [5.74, 6) is -1.88. The van der Waals surface area contributed by atoms with Gasteiger partial charge in [0.25, 0.3) is 11.8 Å². The zero-order chi connectivity index (χ0) is 42.7. The molecule has 7 rings (SSSR count). The number of hydrogen-bond acceptors (Lipinski definition) is 15. The third-order valence-corrected chi connectivity index (χ3v) is 11.2. The van der Waals surface area contributed by atoms with E-state index >= 15 is 0 Å². The Bertz CT molecular complexity index is 2090. The number of Topliss-reactive ketones (excluding diaryl/α,β-unsaturated/α-hetero) is 1. The molecule has 4 aliphatic rings. The van der Waals surface area contributed by atoms with E-state index < -0.39 is 35.8 Å². The Morgan fingerprint density at radius 1 is 0.869 bits per heavy atom. The number of carbonyl (C=O) groups excluding carboxylic acids is 6. The molecule has 18 heteroatoms. The number of aliphatic hydroxyl groups excluding tert-OH is 1. The van der Waals surface area contributed by atoms with E-state index in [4.69, 9.17) is 14.2 Å². The first-order valence-electron chi connectivity index (χ1n) is 20.8. The molecule has 1 aromatic heterocycles. The van der Waals surface area contributed by atoms with Crippen LogP contribution in [0.5, 0.6) is 0 Å². The average molecular weight is 841 g/mol. The molecule has 5 heterocycles. The maximum Gasteiger partial charge on any atom is 0.264 e. The van der Waals surface area contributed by atoms with Crippen molar-refractivity contribution >= 4 is 46.8 Å². The molecule has 2 aromatic carbocycles. The standard InChI is InChI=1S/C43H52N8O10/c52-31(26-49-15-12-28-4-1-2-5-29(28)23-49)8-10-36(53)34-22-37(46-27-45-34)47-30-24-50(25-30)39(55)13-16-59-18-20-61-21-19-60-17-14-44-33-7-3-6-32-40(33)43(58)51(42(32)57)35-9-11-38(54)48-41(35)56/h1-7,22,27,30-31,35,44,52H,8-21,23-26H2,(H,45,46,47)(H,48,54,56)/t31-,35?/m0/s1. The first-order valence-corrected chi connectivity index (χ1v) is 20.8. The number of imide groups is 2. The zero-order valence-corrected chi connectivity index (χ0v) is 34.0. The second-order valence-electron chi connectivity index (χ2n) is 15.5. The van der Waals surface area contributed by atoms with Crippen LogP contribution in [0.1, 0.15) is 74.4 Å². The molecule has 2 saturated heterocycles. The number of likely N-dealkylation sites (tertiary alicyclic amines) is 1. The van der Waals surface area contributed by atoms with Crippen LogP contribution in [0.25, 0.3) is 0 Å². The molecule has 0 saturated carbocycles. The SMILES string of the molecule is O=C1CCC(N2C(=O)c3cccc(NCCOCCOCCOCCC(=O)N4CC(Nc5cc(C(=O)CC[C@H](O)CN6CCc7ccccc7C6)ncn5)C4)c3C2=O)C(=O)N1. The van der Waals surface area contributed by atoms with Crippen molar-refractivity contribution in [3.05, 3.63) is 82.8 Å². The van der Waals surface area contributed by atoms with Crippen molar-refractivity contribution in [2.24, 2.45) is 0 Å². The van der Waals surface area contributed by atoms with Gasteiger partial charge in [-0.25, -0.2) is 9.97 Å². The van der Waals surface area contributed by atoms with Crippen LogP contribution in [0.15, 0.2) is 54.9 Å². The average Bonchev–Trinajstić information content (AvgIpc) is 3.50. The quantitative estimate of drug-likeness (QED) is 0.0639. The first-order chi connectivity index (χ1) is 29.6. The summed E-state index contributed by atoms with van der Waals surface area (Å²) < 4.78 is 16.7. The molecule has 1 unspecified atom stereocenters. The van der Waals surface area contributed by atoms with Crippen molar-refractivity contribution in [3.8, 4) is 0 Å². The third-order valence-electron chi connectivity index (χ3n) is 11.2. The third kappa shape index (κ3) is 11.2. The number of rotatable bonds is 22. The molecule has 4 aliphatic heterocycles. The van der Waals surface area contributed by atoms with E-state index in [1.807, 2.05) is 6.07 Å². The number of nitrogens with one attached hydrogen (secondary N) is 3. The van der Waals surface area contributed by atoms with E-state index in [2.05, 4.69) is 49.0 Å². The Morgan fingerprint density at radius 2 is 1.62 bits per heavy atom. The maximum absolute atomic E-state index is 13.2. The van der Waals surface area contributed by atoms with Gasteiger partial charge in [-0.3, -0.25) is 43.9 Å². The van der Waals surface area contributed by atoms with Crippen molar-refractivity contribution in [2.75, 3.05) is 83.0 Å². The minimum atomic E-state index is -1.03. The number of fused-ring (bicyclic) bond motifs is 2. The van der Waals surface area contributed by atoms with Gasteiger partial charge in [-0.15, -0.1) is 0 Å². The summed E-state index contributed by atoms with van der Waals surface area (Å²) in [4.78, 5) is 88.9. The Morgan fingerprint density at radius 3 is 2.41 bits per heavy atom. The fourth-order valence-corrected chi connectivity index (χ4v) is 7.88. The summed E-state index contributed by atoms with van der Waals surface area (Å²) in [6, 6.07) is 13.8. The molecule has 2 fully saturated rings. The summed E-state index contributed by atoms with van der Waals surface area (Å²) in [5.41, 5.74) is 3.78. The van der Waals surface area contributed by atoms with Crippen LogP contribution in [0, 0.1) is 0 Å². The van der Waals surface area contributed by atoms with Gasteiger partial charge in [-0.05, 0) is 42.5 Å². The molecule has 61 heavy (non-hydrogen) atoms. The molecule has 3 aromatic rings. The number of amides is 5. The Kier molecular flexibility index (Phi) is 14.8. The van der Waals surface area contributed by atoms with E-state index in [1.165, 1.54) is 17.5 Å². The minimum absolute atomic E-state index is 0.00244. The highest BCUT2D eigenvalue weighted by molar-refractivity contribution is 6.25. The van der Waals surface area contributed by atoms with Crippen molar-refractivity contribution in [3.63, 3.8) is 0 Å². The van der Waals surface area contributed by atoms with Crippen LogP contribution in [0.4, 0.5) is 11.5 Å². The summed E-state index contributed by atoms with van der Waals surface area (Å²) in [6.07, 6.45) is 2.61. The predicted octanol–water partition coefficient (Wildman–Crippen LogP) is 1.43. The van der Waals surface area contributed by atoms with Gasteiger partial charge < -0.3 is 34.9 Å². The number of hydrogen-bond donors (Lipinski definition) is 4. The second-order valence-corrected chi connectivity index (χ2v) is 15.5. The highest BCUT2D eigenvalue weighted by Crippen LogP contribution is 2.32. The van der Waals surface area contributed by atoms with Crippen LogP contribution in [0.3, 0.4) is 0 Å². The van der Waals surface area contributed by atoms with E-state index in [0.717, 1.165) is 24.4 Å². The molecule has 5 amide bonds. The number of aliphatic hydroxyl groups is 1. The highest BCUT2D eigenvalue weighted by atomic mass is 16.5. The highest BCUT2D eigenvalue weighted by Gasteiger charge is 2.45. The molecule has 0 spiro atoms. The molecule has 0 bridgehead atoms. The van der Waals surface area contributed by atoms with Crippen LogP contribution in [-0.4, -0.2) is 156 Å². The summed E-state index contributed by atoms with van der Waals surface area (Å²) in [7, 11) is 0. The van der Waals surface area contributed by atoms with E-state index in [9.17, 15) is 33.9 Å². The van der Waals surface area contributed by atoms with Gasteiger partial charge in [0.2, 0.25) is 17.7 Å². The molecular formula is C43H52N8O10. The number of benzene rings is 2. The van der Waals surface area contributed by atoms with Crippen molar-refractivity contribution < 1.29 is 48.1 Å². The first kappa shape index (κ1) is 43.4. The fourth-order valence-electron chi connectivity index (χ4n) is 7.88. The summed E-state index contributed by atoms with van der Waals surface area (Å²) in [5, 5.41) is 19.2. The number of anilines is 2. The minimum Gasteiger partial charge on any atom is -0.392 e. The summed E-state index contributed by atoms with van der Waals surface area (Å²) >= 11 is 0. The number of carbonyl (C=O) groups is 6. The topological polar surface area (TPSA) is 222 Å². The molecule has 18 nitrogen and oxygen atoms in total. The predicted molar refractivity (Wildman–Crippen MR) is 220 cm³/mol. The van der Waals surface area contributed by atoms with Crippen molar-refractivity contribution in [1.82, 2.24) is 30.0 Å². The van der Waals surface area contributed by atoms with Gasteiger partial charge in [0.1, 0.15) is 23.9 Å². The van der Waals surface area contributed by atoms with Gasteiger partial charge in [-0.2, -0.15) is 0 Å². The van der Waals surface area contributed by atoms with E-state index in [0.29, 0.717) is 82.8 Å². The Labute approximate surface area is 353 Å². The largest absolute Gasteiger partial charge is 0.392 e. The molecule has 0 aliphatic carbocycles. The fraction of sp³-hybridized carbons (Fsp3) is 0.488. The van der Waals surface area contributed by atoms with Crippen LogP contribution in [-0.2, 0) is 41.6 Å². The van der Waals surface area contributed by atoms with Gasteiger partial charge in [0, 0.05) is 63.9 Å². The van der Waals surface area contributed by atoms with Gasteiger partial charge in [0.05, 0.1) is 69.3 Å². The second kappa shape index (κ2) is 20.7.